The minimum absolute atomic E-state index is 0.0775. The molecule has 0 saturated carbocycles. The lowest BCUT2D eigenvalue weighted by Crippen LogP contribution is -2.44. The number of non-ortho nitro benzene ring substituents is 1. The van der Waals surface area contributed by atoms with Crippen molar-refractivity contribution in [3.05, 3.63) is 109 Å². The number of fused-ring (bicyclic) bond motifs is 1. The van der Waals surface area contributed by atoms with Gasteiger partial charge in [-0.15, -0.1) is 0 Å². The molecule has 3 aromatic rings. The van der Waals surface area contributed by atoms with E-state index < -0.39 is 28.0 Å². The first-order valence-electron chi connectivity index (χ1n) is 9.48. The van der Waals surface area contributed by atoms with E-state index in [-0.39, 0.29) is 27.5 Å². The highest BCUT2D eigenvalue weighted by Crippen LogP contribution is 2.54. The number of halogens is 2. The Hall–Kier alpha value is -3.55. The van der Waals surface area contributed by atoms with Crippen molar-refractivity contribution < 1.29 is 19.3 Å². The zero-order valence-electron chi connectivity index (χ0n) is 16.1. The van der Waals surface area contributed by atoms with Crippen molar-refractivity contribution in [1.82, 2.24) is 0 Å². The second kappa shape index (κ2) is 7.25. The van der Waals surface area contributed by atoms with Crippen LogP contribution < -0.4 is 0 Å². The van der Waals surface area contributed by atoms with Gasteiger partial charge in [0, 0.05) is 33.8 Å². The quantitative estimate of drug-likeness (QED) is 0.290. The average Bonchev–Trinajstić information content (AvgIpc) is 3.28. The monoisotopic (exact) mass is 466 g/mol. The Balaban J connectivity index is 1.73. The third-order valence-electron chi connectivity index (χ3n) is 5.74. The van der Waals surface area contributed by atoms with E-state index in [2.05, 4.69) is 5.16 Å². The maximum atomic E-state index is 13.8. The molecule has 1 heterocycles. The first-order valence-corrected chi connectivity index (χ1v) is 10.2. The summed E-state index contributed by atoms with van der Waals surface area (Å²) in [5.41, 5.74) is -0.620. The Morgan fingerprint density at radius 3 is 2.09 bits per heavy atom. The molecule has 0 unspecified atom stereocenters. The maximum Gasteiger partial charge on any atom is 0.269 e. The molecule has 1 spiro atoms. The fourth-order valence-corrected chi connectivity index (χ4v) is 4.76. The number of carbonyl (C=O) groups is 2. The predicted octanol–water partition coefficient (Wildman–Crippen LogP) is 5.44. The molecular formula is C23H12Cl2N2O5. The van der Waals surface area contributed by atoms with Gasteiger partial charge in [0.1, 0.15) is 5.71 Å². The van der Waals surface area contributed by atoms with Gasteiger partial charge in [0.2, 0.25) is 0 Å². The molecule has 7 nitrogen and oxygen atoms in total. The van der Waals surface area contributed by atoms with Gasteiger partial charge in [0.25, 0.3) is 5.69 Å². The molecule has 0 bridgehead atoms. The number of rotatable bonds is 3. The van der Waals surface area contributed by atoms with Crippen molar-refractivity contribution in [2.24, 2.45) is 10.6 Å². The first kappa shape index (κ1) is 20.4. The summed E-state index contributed by atoms with van der Waals surface area (Å²) >= 11 is 12.4. The average molecular weight is 467 g/mol. The van der Waals surface area contributed by atoms with Crippen molar-refractivity contribution in [2.45, 2.75) is 6.10 Å². The zero-order valence-corrected chi connectivity index (χ0v) is 17.6. The van der Waals surface area contributed by atoms with Gasteiger partial charge in [0.05, 0.1) is 9.95 Å². The summed E-state index contributed by atoms with van der Waals surface area (Å²) in [5.74, 6) is -0.938. The van der Waals surface area contributed by atoms with Crippen LogP contribution in [0.2, 0.25) is 10.0 Å². The minimum Gasteiger partial charge on any atom is -0.385 e. The van der Waals surface area contributed by atoms with E-state index in [0.29, 0.717) is 16.1 Å². The van der Waals surface area contributed by atoms with Gasteiger partial charge < -0.3 is 4.84 Å². The molecule has 1 aliphatic heterocycles. The number of oxime groups is 1. The molecule has 1 atom stereocenters. The van der Waals surface area contributed by atoms with E-state index in [9.17, 15) is 19.7 Å². The number of benzene rings is 3. The van der Waals surface area contributed by atoms with Crippen LogP contribution in [0.25, 0.3) is 0 Å². The molecular weight excluding hydrogens is 455 g/mol. The summed E-state index contributed by atoms with van der Waals surface area (Å²) in [6, 6.07) is 16.6. The summed E-state index contributed by atoms with van der Waals surface area (Å²) < 4.78 is 0. The zero-order chi connectivity index (χ0) is 22.6. The van der Waals surface area contributed by atoms with Crippen LogP contribution in [0.5, 0.6) is 0 Å². The van der Waals surface area contributed by atoms with Crippen LogP contribution in [-0.2, 0) is 4.84 Å². The molecule has 32 heavy (non-hydrogen) atoms. The van der Waals surface area contributed by atoms with Gasteiger partial charge in [-0.2, -0.15) is 0 Å². The molecule has 0 N–H and O–H groups in total. The molecule has 0 fully saturated rings. The maximum absolute atomic E-state index is 13.8. The third-order valence-corrected chi connectivity index (χ3v) is 6.29. The van der Waals surface area contributed by atoms with Crippen molar-refractivity contribution in [2.75, 3.05) is 0 Å². The van der Waals surface area contributed by atoms with E-state index in [4.69, 9.17) is 28.0 Å². The third kappa shape index (κ3) is 2.71. The minimum atomic E-state index is -1.82. The summed E-state index contributed by atoms with van der Waals surface area (Å²) in [7, 11) is 0. The van der Waals surface area contributed by atoms with Crippen LogP contribution in [0.15, 0.2) is 71.9 Å². The number of carbonyl (C=O) groups excluding carboxylic acids is 2. The van der Waals surface area contributed by atoms with E-state index in [1.54, 1.807) is 36.4 Å². The Morgan fingerprint density at radius 1 is 0.906 bits per heavy atom. The number of nitro benzene ring substituents is 1. The molecule has 3 aromatic carbocycles. The van der Waals surface area contributed by atoms with E-state index in [1.807, 2.05) is 0 Å². The SMILES string of the molecule is O=C1c2ccccc2C(=O)C12C(c1ccc(Cl)cc1Cl)=NO[C@H]2c1ccc([N+](=O)[O-])cc1. The normalized spacial score (nSPS) is 18.4. The van der Waals surface area contributed by atoms with Crippen LogP contribution in [0.3, 0.4) is 0 Å². The van der Waals surface area contributed by atoms with E-state index >= 15 is 0 Å². The highest BCUT2D eigenvalue weighted by Gasteiger charge is 2.66. The van der Waals surface area contributed by atoms with Crippen LogP contribution >= 0.6 is 23.2 Å². The predicted molar refractivity (Wildman–Crippen MR) is 117 cm³/mol. The lowest BCUT2D eigenvalue weighted by molar-refractivity contribution is -0.384. The van der Waals surface area contributed by atoms with Crippen molar-refractivity contribution in [1.29, 1.82) is 0 Å². The molecule has 2 aliphatic rings. The van der Waals surface area contributed by atoms with Gasteiger partial charge in [-0.05, 0) is 35.9 Å². The molecule has 0 aromatic heterocycles. The number of nitrogens with zero attached hydrogens (tertiary/aromatic N) is 2. The summed E-state index contributed by atoms with van der Waals surface area (Å²) in [6.07, 6.45) is -1.13. The number of hydrogen-bond donors (Lipinski definition) is 0. The fraction of sp³-hybridized carbons (Fsp3) is 0.0870. The van der Waals surface area contributed by atoms with Gasteiger partial charge in [0.15, 0.2) is 23.1 Å². The molecule has 1 aliphatic carbocycles. The van der Waals surface area contributed by atoms with Crippen molar-refractivity contribution in [3.8, 4) is 0 Å². The number of nitro groups is 1. The second-order valence-corrected chi connectivity index (χ2v) is 8.25. The molecule has 0 radical (unpaired) electrons. The summed E-state index contributed by atoms with van der Waals surface area (Å²) in [6.45, 7) is 0. The summed E-state index contributed by atoms with van der Waals surface area (Å²) in [4.78, 5) is 43.8. The second-order valence-electron chi connectivity index (χ2n) is 7.41. The number of hydrogen-bond acceptors (Lipinski definition) is 6. The summed E-state index contributed by atoms with van der Waals surface area (Å²) in [5, 5.41) is 15.8. The van der Waals surface area contributed by atoms with E-state index in [0.717, 1.165) is 0 Å². The fourth-order valence-electron chi connectivity index (χ4n) is 4.27. The van der Waals surface area contributed by atoms with Gasteiger partial charge in [-0.3, -0.25) is 19.7 Å². The largest absolute Gasteiger partial charge is 0.385 e. The van der Waals surface area contributed by atoms with E-state index in [1.165, 1.54) is 30.3 Å². The smallest absolute Gasteiger partial charge is 0.269 e. The Morgan fingerprint density at radius 2 is 1.53 bits per heavy atom. The molecule has 0 amide bonds. The standard InChI is InChI=1S/C23H12Cl2N2O5/c24-13-7-10-17(18(25)11-13)19-23(20(28)15-3-1-2-4-16(15)21(23)29)22(32-26-19)12-5-8-14(9-6-12)27(30)31/h1-11,22H/t22-/m0/s1. The molecule has 9 heteroatoms. The van der Waals surface area contributed by atoms with Crippen molar-refractivity contribution in [3.63, 3.8) is 0 Å². The highest BCUT2D eigenvalue weighted by molar-refractivity contribution is 6.46. The molecule has 0 saturated heterocycles. The van der Waals surface area contributed by atoms with Gasteiger partial charge >= 0.3 is 0 Å². The highest BCUT2D eigenvalue weighted by atomic mass is 35.5. The topological polar surface area (TPSA) is 98.9 Å². The lowest BCUT2D eigenvalue weighted by Gasteiger charge is -2.27. The molecule has 158 valence electrons. The van der Waals surface area contributed by atoms with Crippen LogP contribution in [0.1, 0.15) is 37.9 Å². The number of ketones is 2. The number of Topliss-reactive ketones (excluding diaryl/α,β-unsaturated/α-hetero) is 2. The van der Waals surface area contributed by atoms with Crippen LogP contribution in [0.4, 0.5) is 5.69 Å². The first-order chi connectivity index (χ1) is 15.4. The van der Waals surface area contributed by atoms with Gasteiger partial charge in [-0.25, -0.2) is 0 Å². The van der Waals surface area contributed by atoms with Crippen LogP contribution in [0, 0.1) is 15.5 Å². The van der Waals surface area contributed by atoms with Crippen LogP contribution in [-0.4, -0.2) is 22.2 Å². The Bertz CT molecular complexity index is 1320. The molecule has 5 rings (SSSR count). The Labute approximate surface area is 191 Å². The Kier molecular flexibility index (Phi) is 4.62. The van der Waals surface area contributed by atoms with Crippen molar-refractivity contribution >= 4 is 46.2 Å². The van der Waals surface area contributed by atoms with Gasteiger partial charge in [-0.1, -0.05) is 52.6 Å². The lowest BCUT2D eigenvalue weighted by atomic mass is 9.69.